The van der Waals surface area contributed by atoms with E-state index in [1.807, 2.05) is 25.1 Å². The van der Waals surface area contributed by atoms with Crippen LogP contribution in [0.3, 0.4) is 0 Å². The Bertz CT molecular complexity index is 1100. The Morgan fingerprint density at radius 2 is 1.55 bits per heavy atom. The van der Waals surface area contributed by atoms with Gasteiger partial charge >= 0.3 is 0 Å². The van der Waals surface area contributed by atoms with Crippen LogP contribution in [-0.2, 0) is 26.1 Å². The van der Waals surface area contributed by atoms with Crippen molar-refractivity contribution >= 4 is 11.0 Å². The van der Waals surface area contributed by atoms with E-state index in [-0.39, 0.29) is 0 Å². The Hall–Kier alpha value is -3.62. The van der Waals surface area contributed by atoms with E-state index in [1.165, 1.54) is 5.56 Å². The predicted octanol–water partition coefficient (Wildman–Crippen LogP) is 5.16. The third-order valence-corrected chi connectivity index (χ3v) is 5.02. The number of allylic oxidation sites excluding steroid dienone is 2. The number of hydrogen-bond donors (Lipinski definition) is 2. The second-order valence-electron chi connectivity index (χ2n) is 7.36. The minimum Gasteiger partial charge on any atom is -0.345 e. The van der Waals surface area contributed by atoms with E-state index in [4.69, 9.17) is 9.97 Å². The van der Waals surface area contributed by atoms with Crippen LogP contribution in [0, 0.1) is 19.8 Å². The molecule has 0 bridgehead atoms. The molecule has 0 radical (unpaired) electrons. The van der Waals surface area contributed by atoms with Gasteiger partial charge in [-0.15, -0.1) is 12.8 Å². The topological polar surface area (TPSA) is 60.6 Å². The van der Waals surface area contributed by atoms with Crippen molar-refractivity contribution in [2.24, 2.45) is 0 Å². The standard InChI is InChI=1S/C24H27N5.C2H2/c1-3-4-12-20-18(2)25-23(26-20)16-29(15-19-10-6-5-7-11-19)17-24-27-21-13-8-9-14-22(21)28-24;1-2/h3-11,13-14H,12,15-17H2,1-2H3,(H,25,26)(H,27,28);1-2H/b4-3-;. The summed E-state index contributed by atoms with van der Waals surface area (Å²) in [7, 11) is 0. The number of fused-ring (bicyclic) bond motifs is 1. The van der Waals surface area contributed by atoms with Crippen LogP contribution in [0.5, 0.6) is 0 Å². The molecule has 0 aliphatic carbocycles. The number of aromatic nitrogens is 4. The van der Waals surface area contributed by atoms with E-state index < -0.39 is 0 Å². The van der Waals surface area contributed by atoms with Gasteiger partial charge in [0, 0.05) is 18.7 Å². The Kier molecular flexibility index (Phi) is 7.80. The van der Waals surface area contributed by atoms with Crippen LogP contribution >= 0.6 is 0 Å². The number of terminal acetylenes is 1. The zero-order valence-corrected chi connectivity index (χ0v) is 18.2. The summed E-state index contributed by atoms with van der Waals surface area (Å²) in [5.74, 6) is 1.97. The molecule has 0 fully saturated rings. The molecule has 2 aromatic heterocycles. The summed E-state index contributed by atoms with van der Waals surface area (Å²) in [6.07, 6.45) is 13.1. The second kappa shape index (κ2) is 11.0. The van der Waals surface area contributed by atoms with Crippen molar-refractivity contribution in [2.45, 2.75) is 39.9 Å². The zero-order chi connectivity index (χ0) is 22.1. The molecule has 5 nitrogen and oxygen atoms in total. The Morgan fingerprint density at radius 1 is 0.871 bits per heavy atom. The van der Waals surface area contributed by atoms with Crippen LogP contribution in [0.4, 0.5) is 0 Å². The average Bonchev–Trinajstić information content (AvgIpc) is 3.36. The number of hydrogen-bond acceptors (Lipinski definition) is 3. The lowest BCUT2D eigenvalue weighted by Crippen LogP contribution is -2.23. The zero-order valence-electron chi connectivity index (χ0n) is 18.2. The van der Waals surface area contributed by atoms with Crippen molar-refractivity contribution in [3.05, 3.63) is 95.3 Å². The van der Waals surface area contributed by atoms with Crippen molar-refractivity contribution in [3.63, 3.8) is 0 Å². The number of nitrogens with zero attached hydrogens (tertiary/aromatic N) is 3. The molecule has 0 saturated heterocycles. The Morgan fingerprint density at radius 3 is 2.26 bits per heavy atom. The monoisotopic (exact) mass is 411 g/mol. The summed E-state index contributed by atoms with van der Waals surface area (Å²) < 4.78 is 0. The van der Waals surface area contributed by atoms with Crippen molar-refractivity contribution in [2.75, 3.05) is 0 Å². The fourth-order valence-electron chi connectivity index (χ4n) is 3.58. The highest BCUT2D eigenvalue weighted by Gasteiger charge is 2.14. The number of benzene rings is 2. The first-order chi connectivity index (χ1) is 15.2. The van der Waals surface area contributed by atoms with Gasteiger partial charge in [0.2, 0.25) is 0 Å². The summed E-state index contributed by atoms with van der Waals surface area (Å²) in [5.41, 5.74) is 5.61. The third kappa shape index (κ3) is 5.94. The smallest absolute Gasteiger partial charge is 0.121 e. The van der Waals surface area contributed by atoms with Gasteiger partial charge in [-0.2, -0.15) is 0 Å². The molecule has 0 saturated carbocycles. The van der Waals surface area contributed by atoms with Gasteiger partial charge in [-0.3, -0.25) is 4.90 Å². The van der Waals surface area contributed by atoms with Gasteiger partial charge in [0.25, 0.3) is 0 Å². The lowest BCUT2D eigenvalue weighted by molar-refractivity contribution is 0.236. The van der Waals surface area contributed by atoms with Crippen LogP contribution in [-0.4, -0.2) is 24.8 Å². The number of rotatable bonds is 8. The molecule has 2 aromatic carbocycles. The normalized spacial score (nSPS) is 11.1. The number of imidazole rings is 2. The van der Waals surface area contributed by atoms with E-state index in [0.29, 0.717) is 0 Å². The molecule has 5 heteroatoms. The molecule has 0 unspecified atom stereocenters. The van der Waals surface area contributed by atoms with Crippen LogP contribution in [0.1, 0.15) is 35.5 Å². The number of aryl methyl sites for hydroxylation is 1. The second-order valence-corrected chi connectivity index (χ2v) is 7.36. The number of aromatic amines is 2. The molecule has 2 N–H and O–H groups in total. The summed E-state index contributed by atoms with van der Waals surface area (Å²) >= 11 is 0. The highest BCUT2D eigenvalue weighted by atomic mass is 15.2. The minimum absolute atomic E-state index is 0.730. The lowest BCUT2D eigenvalue weighted by atomic mass is 10.2. The maximum atomic E-state index is 4.83. The van der Waals surface area contributed by atoms with Crippen LogP contribution in [0.2, 0.25) is 0 Å². The number of H-pyrrole nitrogens is 2. The molecular formula is C26H29N5. The van der Waals surface area contributed by atoms with Gasteiger partial charge in [0.05, 0.1) is 29.8 Å². The predicted molar refractivity (Wildman–Crippen MR) is 127 cm³/mol. The van der Waals surface area contributed by atoms with Gasteiger partial charge in [0.15, 0.2) is 0 Å². The highest BCUT2D eigenvalue weighted by Crippen LogP contribution is 2.16. The first kappa shape index (κ1) is 22.1. The molecule has 0 atom stereocenters. The molecule has 0 aliphatic rings. The molecule has 2 heterocycles. The molecule has 31 heavy (non-hydrogen) atoms. The summed E-state index contributed by atoms with van der Waals surface area (Å²) in [6, 6.07) is 18.7. The summed E-state index contributed by atoms with van der Waals surface area (Å²) in [6.45, 7) is 6.44. The molecule has 0 amide bonds. The van der Waals surface area contributed by atoms with Crippen molar-refractivity contribution in [1.82, 2.24) is 24.8 Å². The van der Waals surface area contributed by atoms with Gasteiger partial charge in [-0.1, -0.05) is 54.6 Å². The highest BCUT2D eigenvalue weighted by molar-refractivity contribution is 5.74. The van der Waals surface area contributed by atoms with Crippen molar-refractivity contribution in [1.29, 1.82) is 0 Å². The van der Waals surface area contributed by atoms with Gasteiger partial charge < -0.3 is 9.97 Å². The van der Waals surface area contributed by atoms with E-state index in [1.54, 1.807) is 0 Å². The molecule has 4 rings (SSSR count). The molecule has 0 aliphatic heterocycles. The van der Waals surface area contributed by atoms with E-state index in [2.05, 4.69) is 83.2 Å². The van der Waals surface area contributed by atoms with E-state index in [9.17, 15) is 0 Å². The first-order valence-corrected chi connectivity index (χ1v) is 10.4. The van der Waals surface area contributed by atoms with Crippen molar-refractivity contribution < 1.29 is 0 Å². The van der Waals surface area contributed by atoms with Gasteiger partial charge in [-0.25, -0.2) is 9.97 Å². The molecule has 158 valence electrons. The minimum atomic E-state index is 0.730. The Labute approximate surface area is 184 Å². The quantitative estimate of drug-likeness (QED) is 0.311. The average molecular weight is 412 g/mol. The maximum Gasteiger partial charge on any atom is 0.121 e. The summed E-state index contributed by atoms with van der Waals surface area (Å²) in [5, 5.41) is 0. The van der Waals surface area contributed by atoms with Gasteiger partial charge in [-0.05, 0) is 31.5 Å². The number of nitrogens with one attached hydrogen (secondary N) is 2. The van der Waals surface area contributed by atoms with E-state index >= 15 is 0 Å². The Balaban J connectivity index is 0.00000132. The molecule has 0 spiro atoms. The largest absolute Gasteiger partial charge is 0.345 e. The number of para-hydroxylation sites is 2. The van der Waals surface area contributed by atoms with Crippen LogP contribution in [0.15, 0.2) is 66.7 Å². The first-order valence-electron chi connectivity index (χ1n) is 10.4. The molecule has 4 aromatic rings. The molecular weight excluding hydrogens is 382 g/mol. The van der Waals surface area contributed by atoms with E-state index in [0.717, 1.165) is 60.1 Å². The van der Waals surface area contributed by atoms with Gasteiger partial charge in [0.1, 0.15) is 11.6 Å². The summed E-state index contributed by atoms with van der Waals surface area (Å²) in [4.78, 5) is 18.9. The fraction of sp³-hybridized carbons (Fsp3) is 0.231. The lowest BCUT2D eigenvalue weighted by Gasteiger charge is -2.20. The third-order valence-electron chi connectivity index (χ3n) is 5.02. The SMILES string of the molecule is C#C.C/C=C\Cc1nc(CN(Cc2ccccc2)Cc2nc3ccccc3[nH]2)[nH]c1C. The fourth-order valence-corrected chi connectivity index (χ4v) is 3.58. The maximum absolute atomic E-state index is 4.83. The van der Waals surface area contributed by atoms with Crippen LogP contribution < -0.4 is 0 Å². The van der Waals surface area contributed by atoms with Crippen LogP contribution in [0.25, 0.3) is 11.0 Å². The van der Waals surface area contributed by atoms with Crippen molar-refractivity contribution in [3.8, 4) is 12.8 Å².